The van der Waals surface area contributed by atoms with Crippen molar-refractivity contribution in [3.05, 3.63) is 83.9 Å². The topological polar surface area (TPSA) is 63.5 Å². The summed E-state index contributed by atoms with van der Waals surface area (Å²) >= 11 is 0. The highest BCUT2D eigenvalue weighted by atomic mass is 127. The van der Waals surface area contributed by atoms with E-state index in [1.54, 1.807) is 7.05 Å². The van der Waals surface area contributed by atoms with Gasteiger partial charge in [-0.3, -0.25) is 4.99 Å². The minimum Gasteiger partial charge on any atom is -0.489 e. The van der Waals surface area contributed by atoms with E-state index in [-0.39, 0.29) is 30.1 Å². The number of rotatable bonds is 8. The quantitative estimate of drug-likeness (QED) is 0.269. The number of aromatic nitrogens is 2. The average molecular weight is 519 g/mol. The fourth-order valence-electron chi connectivity index (χ4n) is 3.00. The highest BCUT2D eigenvalue weighted by molar-refractivity contribution is 14.0. The van der Waals surface area contributed by atoms with Crippen molar-refractivity contribution in [3.63, 3.8) is 0 Å². The molecule has 0 bridgehead atoms. The van der Waals surface area contributed by atoms with E-state index in [0.717, 1.165) is 29.6 Å². The largest absolute Gasteiger partial charge is 0.489 e. The molecule has 7 heteroatoms. The number of hydrogen-bond acceptors (Lipinski definition) is 3. The molecule has 0 spiro atoms. The number of aliphatic imine (C=N–C) groups is 1. The molecule has 3 aromatic rings. The second-order valence-electron chi connectivity index (χ2n) is 6.96. The molecule has 0 saturated carbocycles. The summed E-state index contributed by atoms with van der Waals surface area (Å²) < 4.78 is 8.15. The molecule has 0 aliphatic heterocycles. The third-order valence-corrected chi connectivity index (χ3v) is 4.61. The number of benzene rings is 2. The van der Waals surface area contributed by atoms with Crippen LogP contribution in [0, 0.1) is 6.92 Å². The van der Waals surface area contributed by atoms with Crippen LogP contribution in [0.5, 0.6) is 5.75 Å². The Balaban J connectivity index is 0.00000320. The Morgan fingerprint density at radius 2 is 1.83 bits per heavy atom. The number of imidazole rings is 1. The molecule has 0 radical (unpaired) electrons. The summed E-state index contributed by atoms with van der Waals surface area (Å²) in [7, 11) is 1.76. The molecule has 1 heterocycles. The van der Waals surface area contributed by atoms with Crippen molar-refractivity contribution < 1.29 is 4.74 Å². The van der Waals surface area contributed by atoms with Gasteiger partial charge in [-0.05, 0) is 31.0 Å². The zero-order valence-corrected chi connectivity index (χ0v) is 20.0. The second-order valence-corrected chi connectivity index (χ2v) is 6.96. The number of nitrogens with one attached hydrogen (secondary N) is 2. The molecule has 30 heavy (non-hydrogen) atoms. The molecule has 0 amide bonds. The summed E-state index contributed by atoms with van der Waals surface area (Å²) in [6, 6.07) is 18.4. The third kappa shape index (κ3) is 7.05. The van der Waals surface area contributed by atoms with Crippen LogP contribution in [0.15, 0.2) is 72.0 Å². The minimum absolute atomic E-state index is 0. The van der Waals surface area contributed by atoms with Crippen molar-refractivity contribution in [2.45, 2.75) is 33.0 Å². The van der Waals surface area contributed by atoms with Crippen LogP contribution >= 0.6 is 24.0 Å². The Morgan fingerprint density at radius 1 is 1.10 bits per heavy atom. The van der Waals surface area contributed by atoms with Crippen LogP contribution in [0.1, 0.15) is 23.9 Å². The summed E-state index contributed by atoms with van der Waals surface area (Å²) in [5.41, 5.74) is 2.38. The Labute approximate surface area is 195 Å². The van der Waals surface area contributed by atoms with Gasteiger partial charge in [0.25, 0.3) is 0 Å². The summed E-state index contributed by atoms with van der Waals surface area (Å²) in [6.45, 7) is 6.12. The fraction of sp³-hybridized carbons (Fsp3) is 0.304. The maximum absolute atomic E-state index is 6.01. The molecule has 3 rings (SSSR count). The highest BCUT2D eigenvalue weighted by Gasteiger charge is 2.09. The highest BCUT2D eigenvalue weighted by Crippen LogP contribution is 2.17. The Bertz CT molecular complexity index is 926. The van der Waals surface area contributed by atoms with Crippen molar-refractivity contribution in [3.8, 4) is 5.75 Å². The van der Waals surface area contributed by atoms with Crippen LogP contribution < -0.4 is 15.4 Å². The van der Waals surface area contributed by atoms with E-state index in [1.807, 2.05) is 56.6 Å². The van der Waals surface area contributed by atoms with Crippen LogP contribution in [0.3, 0.4) is 0 Å². The van der Waals surface area contributed by atoms with Gasteiger partial charge in [0.2, 0.25) is 0 Å². The van der Waals surface area contributed by atoms with Gasteiger partial charge in [-0.15, -0.1) is 24.0 Å². The first-order chi connectivity index (χ1) is 14.2. The number of guanidine groups is 1. The van der Waals surface area contributed by atoms with Crippen molar-refractivity contribution in [2.24, 2.45) is 4.99 Å². The molecule has 0 saturated heterocycles. The standard InChI is InChI=1S/C23H29N5O.HI/c1-18-9-7-8-12-21(18)29-19(2)15-26-23(24-3)27-16-22-25-13-14-28(22)17-20-10-5-4-6-11-20;/h4-14,19H,15-17H2,1-3H3,(H2,24,26,27);1H. The Morgan fingerprint density at radius 3 is 2.57 bits per heavy atom. The normalized spacial score (nSPS) is 12.0. The minimum atomic E-state index is 0. The molecule has 2 aromatic carbocycles. The molecule has 1 aromatic heterocycles. The van der Waals surface area contributed by atoms with E-state index >= 15 is 0 Å². The van der Waals surface area contributed by atoms with Gasteiger partial charge in [-0.1, -0.05) is 48.5 Å². The molecule has 0 aliphatic rings. The van der Waals surface area contributed by atoms with Crippen molar-refractivity contribution >= 4 is 29.9 Å². The molecule has 160 valence electrons. The van der Waals surface area contributed by atoms with Gasteiger partial charge in [-0.2, -0.15) is 0 Å². The number of aryl methyl sites for hydroxylation is 1. The molecule has 0 aliphatic carbocycles. The van der Waals surface area contributed by atoms with E-state index in [2.05, 4.69) is 49.4 Å². The number of hydrogen-bond donors (Lipinski definition) is 2. The second kappa shape index (κ2) is 12.2. The van der Waals surface area contributed by atoms with Gasteiger partial charge in [-0.25, -0.2) is 4.98 Å². The lowest BCUT2D eigenvalue weighted by molar-refractivity contribution is 0.222. The maximum Gasteiger partial charge on any atom is 0.191 e. The average Bonchev–Trinajstić information content (AvgIpc) is 3.17. The van der Waals surface area contributed by atoms with Crippen LogP contribution in [-0.2, 0) is 13.1 Å². The fourth-order valence-corrected chi connectivity index (χ4v) is 3.00. The van der Waals surface area contributed by atoms with Crippen LogP contribution in [0.4, 0.5) is 0 Å². The molecular weight excluding hydrogens is 489 g/mol. The summed E-state index contributed by atoms with van der Waals surface area (Å²) in [5, 5.41) is 6.65. The first-order valence-corrected chi connectivity index (χ1v) is 9.86. The van der Waals surface area contributed by atoms with Gasteiger partial charge in [0.15, 0.2) is 5.96 Å². The molecule has 1 atom stereocenters. The zero-order valence-electron chi connectivity index (χ0n) is 17.7. The molecule has 2 N–H and O–H groups in total. The van der Waals surface area contributed by atoms with E-state index in [0.29, 0.717) is 13.1 Å². The number of nitrogens with zero attached hydrogens (tertiary/aromatic N) is 3. The SMILES string of the molecule is CN=C(NCc1nccn1Cc1ccccc1)NCC(C)Oc1ccccc1C.I. The third-order valence-electron chi connectivity index (χ3n) is 4.61. The van der Waals surface area contributed by atoms with E-state index < -0.39 is 0 Å². The van der Waals surface area contributed by atoms with Gasteiger partial charge in [0.1, 0.15) is 17.7 Å². The molecule has 1 unspecified atom stereocenters. The lowest BCUT2D eigenvalue weighted by Gasteiger charge is -2.19. The van der Waals surface area contributed by atoms with E-state index in [4.69, 9.17) is 4.74 Å². The van der Waals surface area contributed by atoms with E-state index in [9.17, 15) is 0 Å². The first-order valence-electron chi connectivity index (χ1n) is 9.86. The monoisotopic (exact) mass is 519 g/mol. The summed E-state index contributed by atoms with van der Waals surface area (Å²) in [5.74, 6) is 2.59. The zero-order chi connectivity index (χ0) is 20.5. The van der Waals surface area contributed by atoms with Crippen LogP contribution in [0.2, 0.25) is 0 Å². The lowest BCUT2D eigenvalue weighted by atomic mass is 10.2. The molecule has 0 fully saturated rings. The molecule has 6 nitrogen and oxygen atoms in total. The summed E-state index contributed by atoms with van der Waals surface area (Å²) in [4.78, 5) is 8.77. The maximum atomic E-state index is 6.01. The Hall–Kier alpha value is -2.55. The number of para-hydroxylation sites is 1. The van der Waals surface area contributed by atoms with Crippen LogP contribution in [-0.4, -0.2) is 35.2 Å². The molecular formula is C23H30IN5O. The smallest absolute Gasteiger partial charge is 0.191 e. The van der Waals surface area contributed by atoms with Crippen molar-refractivity contribution in [2.75, 3.05) is 13.6 Å². The first kappa shape index (κ1) is 23.7. The predicted molar refractivity (Wildman–Crippen MR) is 133 cm³/mol. The number of halogens is 1. The van der Waals surface area contributed by atoms with Gasteiger partial charge in [0, 0.05) is 26.0 Å². The van der Waals surface area contributed by atoms with Crippen molar-refractivity contribution in [1.29, 1.82) is 0 Å². The lowest BCUT2D eigenvalue weighted by Crippen LogP contribution is -2.41. The van der Waals surface area contributed by atoms with Crippen LogP contribution in [0.25, 0.3) is 0 Å². The van der Waals surface area contributed by atoms with Gasteiger partial charge >= 0.3 is 0 Å². The summed E-state index contributed by atoms with van der Waals surface area (Å²) in [6.07, 6.45) is 3.83. The van der Waals surface area contributed by atoms with Crippen molar-refractivity contribution in [1.82, 2.24) is 20.2 Å². The van der Waals surface area contributed by atoms with Gasteiger partial charge in [0.05, 0.1) is 13.1 Å². The predicted octanol–water partition coefficient (Wildman–Crippen LogP) is 3.99. The van der Waals surface area contributed by atoms with E-state index in [1.165, 1.54) is 5.56 Å². The number of ether oxygens (including phenoxy) is 1. The Kier molecular flexibility index (Phi) is 9.66. The van der Waals surface area contributed by atoms with Gasteiger partial charge < -0.3 is 19.9 Å².